The normalized spacial score (nSPS) is 10.2. The molecule has 3 rings (SSSR count). The molecular formula is C20H18N4O2. The number of pyridine rings is 2. The summed E-state index contributed by atoms with van der Waals surface area (Å²) in [5.41, 5.74) is 2.26. The van der Waals surface area contributed by atoms with Gasteiger partial charge in [-0.25, -0.2) is 0 Å². The molecule has 0 spiro atoms. The minimum atomic E-state index is -0.342. The number of amides is 2. The van der Waals surface area contributed by atoms with E-state index < -0.39 is 0 Å². The highest BCUT2D eigenvalue weighted by Gasteiger charge is 2.16. The summed E-state index contributed by atoms with van der Waals surface area (Å²) in [7, 11) is 1.69. The van der Waals surface area contributed by atoms with Crippen molar-refractivity contribution < 1.29 is 9.59 Å². The van der Waals surface area contributed by atoms with E-state index in [0.29, 0.717) is 12.1 Å². The second-order valence-electron chi connectivity index (χ2n) is 5.67. The Morgan fingerprint density at radius 1 is 1.04 bits per heavy atom. The first-order valence-corrected chi connectivity index (χ1v) is 8.11. The lowest BCUT2D eigenvalue weighted by molar-refractivity contribution is 0.0946. The highest BCUT2D eigenvalue weighted by Crippen LogP contribution is 2.15. The first-order chi connectivity index (χ1) is 12.6. The van der Waals surface area contributed by atoms with Crippen molar-refractivity contribution in [3.8, 4) is 0 Å². The number of benzene rings is 1. The van der Waals surface area contributed by atoms with Crippen LogP contribution < -0.4 is 10.2 Å². The van der Waals surface area contributed by atoms with Crippen molar-refractivity contribution in [3.05, 3.63) is 90.0 Å². The molecule has 3 aromatic rings. The molecule has 0 unspecified atom stereocenters. The average molecular weight is 346 g/mol. The quantitative estimate of drug-likeness (QED) is 0.771. The van der Waals surface area contributed by atoms with Gasteiger partial charge in [-0.1, -0.05) is 24.3 Å². The number of aromatic nitrogens is 2. The summed E-state index contributed by atoms with van der Waals surface area (Å²) < 4.78 is 0. The van der Waals surface area contributed by atoms with Gasteiger partial charge in [-0.05, 0) is 35.9 Å². The molecular weight excluding hydrogens is 328 g/mol. The van der Waals surface area contributed by atoms with Crippen LogP contribution in [-0.2, 0) is 6.54 Å². The Labute approximate surface area is 151 Å². The van der Waals surface area contributed by atoms with Crippen molar-refractivity contribution in [2.24, 2.45) is 0 Å². The molecule has 0 saturated heterocycles. The van der Waals surface area contributed by atoms with Crippen LogP contribution in [0, 0.1) is 0 Å². The third-order valence-corrected chi connectivity index (χ3v) is 3.86. The summed E-state index contributed by atoms with van der Waals surface area (Å²) in [5, 5.41) is 2.78. The van der Waals surface area contributed by atoms with Crippen LogP contribution in [0.1, 0.15) is 26.4 Å². The maximum absolute atomic E-state index is 12.7. The van der Waals surface area contributed by atoms with Crippen LogP contribution in [0.5, 0.6) is 0 Å². The molecule has 1 N–H and O–H groups in total. The molecule has 2 heterocycles. The van der Waals surface area contributed by atoms with Crippen LogP contribution in [0.4, 0.5) is 5.69 Å². The molecule has 0 aliphatic heterocycles. The summed E-state index contributed by atoms with van der Waals surface area (Å²) in [4.78, 5) is 34.6. The summed E-state index contributed by atoms with van der Waals surface area (Å²) in [5.74, 6) is -0.550. The van der Waals surface area contributed by atoms with E-state index in [0.717, 1.165) is 11.3 Å². The SMILES string of the molecule is CN(C(=O)c1ccnc(C(=O)NCc2cccnc2)c1)c1ccccc1. The fourth-order valence-electron chi connectivity index (χ4n) is 2.43. The first-order valence-electron chi connectivity index (χ1n) is 8.11. The Bertz CT molecular complexity index is 898. The van der Waals surface area contributed by atoms with E-state index in [1.807, 2.05) is 36.4 Å². The fraction of sp³-hybridized carbons (Fsp3) is 0.100. The zero-order valence-corrected chi connectivity index (χ0v) is 14.3. The van der Waals surface area contributed by atoms with Crippen molar-refractivity contribution in [1.29, 1.82) is 0 Å². The van der Waals surface area contributed by atoms with E-state index in [1.54, 1.807) is 31.6 Å². The largest absolute Gasteiger partial charge is 0.347 e. The lowest BCUT2D eigenvalue weighted by Crippen LogP contribution is -2.28. The molecule has 2 aromatic heterocycles. The lowest BCUT2D eigenvalue weighted by Gasteiger charge is -2.17. The minimum absolute atomic E-state index is 0.196. The van der Waals surface area contributed by atoms with E-state index in [2.05, 4.69) is 15.3 Å². The van der Waals surface area contributed by atoms with Gasteiger partial charge in [0.25, 0.3) is 11.8 Å². The molecule has 0 saturated carbocycles. The first kappa shape index (κ1) is 17.3. The van der Waals surface area contributed by atoms with Crippen molar-refractivity contribution in [1.82, 2.24) is 15.3 Å². The maximum atomic E-state index is 12.7. The Morgan fingerprint density at radius 2 is 1.85 bits per heavy atom. The van der Waals surface area contributed by atoms with E-state index in [4.69, 9.17) is 0 Å². The number of para-hydroxylation sites is 1. The van der Waals surface area contributed by atoms with Gasteiger partial charge in [0, 0.05) is 43.4 Å². The Kier molecular flexibility index (Phi) is 5.34. The van der Waals surface area contributed by atoms with Crippen LogP contribution in [0.25, 0.3) is 0 Å². The van der Waals surface area contributed by atoms with Gasteiger partial charge in [-0.3, -0.25) is 19.6 Å². The van der Waals surface area contributed by atoms with Gasteiger partial charge < -0.3 is 10.2 Å². The van der Waals surface area contributed by atoms with Crippen LogP contribution in [0.2, 0.25) is 0 Å². The monoisotopic (exact) mass is 346 g/mol. The number of carbonyl (C=O) groups is 2. The number of anilines is 1. The highest BCUT2D eigenvalue weighted by atomic mass is 16.2. The molecule has 2 amide bonds. The average Bonchev–Trinajstić information content (AvgIpc) is 2.72. The van der Waals surface area contributed by atoms with E-state index in [1.165, 1.54) is 17.2 Å². The molecule has 0 atom stereocenters. The molecule has 1 aromatic carbocycles. The van der Waals surface area contributed by atoms with E-state index >= 15 is 0 Å². The van der Waals surface area contributed by atoms with Crippen LogP contribution >= 0.6 is 0 Å². The molecule has 26 heavy (non-hydrogen) atoms. The van der Waals surface area contributed by atoms with E-state index in [-0.39, 0.29) is 17.5 Å². The topological polar surface area (TPSA) is 75.2 Å². The van der Waals surface area contributed by atoms with Gasteiger partial charge in [0.2, 0.25) is 0 Å². The van der Waals surface area contributed by atoms with Gasteiger partial charge >= 0.3 is 0 Å². The third-order valence-electron chi connectivity index (χ3n) is 3.86. The third kappa shape index (κ3) is 4.10. The van der Waals surface area contributed by atoms with Gasteiger partial charge in [-0.2, -0.15) is 0 Å². The number of hydrogen-bond donors (Lipinski definition) is 1. The van der Waals surface area contributed by atoms with Gasteiger partial charge in [0.05, 0.1) is 0 Å². The molecule has 6 heteroatoms. The van der Waals surface area contributed by atoms with Crippen LogP contribution in [-0.4, -0.2) is 28.8 Å². The predicted molar refractivity (Wildman–Crippen MR) is 98.8 cm³/mol. The molecule has 6 nitrogen and oxygen atoms in total. The Balaban J connectivity index is 1.71. The zero-order valence-electron chi connectivity index (χ0n) is 14.3. The Hall–Kier alpha value is -3.54. The standard InChI is InChI=1S/C20H18N4O2/c1-24(17-7-3-2-4-8-17)20(26)16-9-11-22-18(12-16)19(25)23-14-15-6-5-10-21-13-15/h2-13H,14H2,1H3,(H,23,25). The number of carbonyl (C=O) groups excluding carboxylic acids is 2. The smallest absolute Gasteiger partial charge is 0.270 e. The van der Waals surface area contributed by atoms with Crippen molar-refractivity contribution >= 4 is 17.5 Å². The fourth-order valence-corrected chi connectivity index (χ4v) is 2.43. The van der Waals surface area contributed by atoms with Crippen molar-refractivity contribution in [2.45, 2.75) is 6.54 Å². The van der Waals surface area contributed by atoms with Gasteiger partial charge in [0.1, 0.15) is 5.69 Å². The predicted octanol–water partition coefficient (Wildman–Crippen LogP) is 2.68. The molecule has 0 aliphatic rings. The van der Waals surface area contributed by atoms with Crippen molar-refractivity contribution in [2.75, 3.05) is 11.9 Å². The summed E-state index contributed by atoms with van der Waals surface area (Å²) in [6, 6.07) is 16.1. The second kappa shape index (κ2) is 8.02. The number of hydrogen-bond acceptors (Lipinski definition) is 4. The second-order valence-corrected chi connectivity index (χ2v) is 5.67. The van der Waals surface area contributed by atoms with Gasteiger partial charge in [0.15, 0.2) is 0 Å². The summed E-state index contributed by atoms with van der Waals surface area (Å²) in [6.45, 7) is 0.344. The number of nitrogens with zero attached hydrogens (tertiary/aromatic N) is 3. The van der Waals surface area contributed by atoms with Crippen LogP contribution in [0.15, 0.2) is 73.2 Å². The van der Waals surface area contributed by atoms with Crippen molar-refractivity contribution in [3.63, 3.8) is 0 Å². The summed E-state index contributed by atoms with van der Waals surface area (Å²) >= 11 is 0. The molecule has 0 bridgehead atoms. The number of nitrogens with one attached hydrogen (secondary N) is 1. The molecule has 0 aliphatic carbocycles. The molecule has 0 radical (unpaired) electrons. The number of rotatable bonds is 5. The lowest BCUT2D eigenvalue weighted by atomic mass is 10.2. The summed E-state index contributed by atoms with van der Waals surface area (Å²) in [6.07, 6.45) is 4.82. The minimum Gasteiger partial charge on any atom is -0.347 e. The Morgan fingerprint density at radius 3 is 2.58 bits per heavy atom. The highest BCUT2D eigenvalue weighted by molar-refractivity contribution is 6.06. The van der Waals surface area contributed by atoms with Crippen LogP contribution in [0.3, 0.4) is 0 Å². The van der Waals surface area contributed by atoms with Gasteiger partial charge in [-0.15, -0.1) is 0 Å². The molecule has 0 fully saturated rings. The maximum Gasteiger partial charge on any atom is 0.270 e. The molecule has 130 valence electrons. The zero-order chi connectivity index (χ0) is 18.4. The van der Waals surface area contributed by atoms with E-state index in [9.17, 15) is 9.59 Å².